The van der Waals surface area contributed by atoms with Crippen molar-refractivity contribution < 1.29 is 14.9 Å². The van der Waals surface area contributed by atoms with Gasteiger partial charge in [-0.2, -0.15) is 0 Å². The second-order valence-electron chi connectivity index (χ2n) is 8.71. The molecule has 0 bridgehead atoms. The lowest BCUT2D eigenvalue weighted by atomic mass is 9.51. The van der Waals surface area contributed by atoms with Gasteiger partial charge in [0.2, 0.25) is 0 Å². The molecule has 0 aromatic carbocycles. The van der Waals surface area contributed by atoms with Crippen LogP contribution < -0.4 is 0 Å². The fourth-order valence-electron chi connectivity index (χ4n) is 6.98. The summed E-state index contributed by atoms with van der Waals surface area (Å²) in [6, 6.07) is 0. The summed E-state index contributed by atoms with van der Waals surface area (Å²) >= 11 is 0. The number of aliphatic hydroxyl groups is 2. The van der Waals surface area contributed by atoms with E-state index >= 15 is 0 Å². The molecule has 2 fully saturated rings. The highest BCUT2D eigenvalue weighted by Crippen LogP contribution is 2.65. The lowest BCUT2D eigenvalue weighted by Crippen LogP contribution is -2.52. The van der Waals surface area contributed by atoms with Crippen LogP contribution >= 0.6 is 0 Å². The summed E-state index contributed by atoms with van der Waals surface area (Å²) in [5.41, 5.74) is 2.31. The lowest BCUT2D eigenvalue weighted by molar-refractivity contribution is -0.0857. The molecule has 5 unspecified atom stereocenters. The molecule has 0 aliphatic heterocycles. The number of allylic oxidation sites excluding steroid dienone is 3. The summed E-state index contributed by atoms with van der Waals surface area (Å²) in [6.45, 7) is 2.06. The largest absolute Gasteiger partial charge is 0.501 e. The van der Waals surface area contributed by atoms with Crippen molar-refractivity contribution >= 4 is 0 Å². The van der Waals surface area contributed by atoms with Gasteiger partial charge >= 0.3 is 0 Å². The maximum Gasteiger partial charge on any atom is 0.131 e. The Morgan fingerprint density at radius 1 is 1.27 bits per heavy atom. The molecule has 3 heteroatoms. The van der Waals surface area contributed by atoms with Crippen LogP contribution in [0, 0.1) is 35.0 Å². The number of aliphatic hydroxyl groups excluding tert-OH is 1. The van der Waals surface area contributed by atoms with Crippen LogP contribution in [0.3, 0.4) is 0 Å². The molecule has 142 valence electrons. The molecular weight excluding hydrogens is 324 g/mol. The van der Waals surface area contributed by atoms with E-state index in [0.29, 0.717) is 17.8 Å². The topological polar surface area (TPSA) is 49.7 Å². The van der Waals surface area contributed by atoms with Gasteiger partial charge in [0.05, 0.1) is 12.9 Å². The average molecular weight is 357 g/mol. The van der Waals surface area contributed by atoms with Crippen molar-refractivity contribution in [1.82, 2.24) is 0 Å². The summed E-state index contributed by atoms with van der Waals surface area (Å²) in [5.74, 6) is 8.92. The molecule has 4 aliphatic carbocycles. The molecule has 0 spiro atoms. The van der Waals surface area contributed by atoms with Crippen LogP contribution in [-0.2, 0) is 4.74 Å². The molecular formula is C23H32O3. The van der Waals surface area contributed by atoms with E-state index in [2.05, 4.69) is 24.8 Å². The Labute approximate surface area is 157 Å². The molecule has 0 aromatic heterocycles. The van der Waals surface area contributed by atoms with Crippen LogP contribution in [0.4, 0.5) is 0 Å². The van der Waals surface area contributed by atoms with Crippen molar-refractivity contribution in [3.05, 3.63) is 23.0 Å². The Bertz CT molecular complexity index is 694. The predicted octanol–water partition coefficient (Wildman–Crippen LogP) is 3.96. The Hall–Kier alpha value is -1.24. The minimum atomic E-state index is -0.912. The van der Waals surface area contributed by atoms with Gasteiger partial charge in [0, 0.05) is 11.8 Å². The molecule has 5 atom stereocenters. The zero-order valence-corrected chi connectivity index (χ0v) is 16.2. The van der Waals surface area contributed by atoms with Gasteiger partial charge in [0.1, 0.15) is 12.2 Å². The molecule has 3 nitrogen and oxygen atoms in total. The molecule has 0 amide bonds. The number of hydrogen-bond acceptors (Lipinski definition) is 3. The normalized spacial score (nSPS) is 41.4. The van der Waals surface area contributed by atoms with E-state index < -0.39 is 5.60 Å². The van der Waals surface area contributed by atoms with Crippen molar-refractivity contribution in [3.63, 3.8) is 0 Å². The van der Waals surface area contributed by atoms with E-state index in [1.165, 1.54) is 19.3 Å². The summed E-state index contributed by atoms with van der Waals surface area (Å²) < 4.78 is 5.50. The molecule has 0 radical (unpaired) electrons. The number of methoxy groups -OCH3 is 1. The van der Waals surface area contributed by atoms with E-state index in [4.69, 9.17) is 9.84 Å². The molecule has 0 saturated heterocycles. The summed E-state index contributed by atoms with van der Waals surface area (Å²) in [6.07, 6.45) is 11.8. The standard InChI is InChI=1S/C23H32O3/c1-3-22-12-9-19-18-8-6-17(26-2)15-16(18)5-7-20(19)21(22)10-13-23(22,25)11-4-14-24/h6,19-21,24-25H,3,5,7-10,12-15H2,1-2H3. The van der Waals surface area contributed by atoms with Gasteiger partial charge in [0.15, 0.2) is 0 Å². The van der Waals surface area contributed by atoms with Crippen LogP contribution in [0.5, 0.6) is 0 Å². The van der Waals surface area contributed by atoms with Crippen molar-refractivity contribution in [1.29, 1.82) is 0 Å². The van der Waals surface area contributed by atoms with Crippen LogP contribution in [0.1, 0.15) is 64.7 Å². The molecule has 4 aliphatic rings. The minimum Gasteiger partial charge on any atom is -0.501 e. The van der Waals surface area contributed by atoms with E-state index in [-0.39, 0.29) is 12.0 Å². The smallest absolute Gasteiger partial charge is 0.131 e. The third kappa shape index (κ3) is 2.49. The SMILES string of the molecule is CCC12CCC3C4=C(CCC3C1CCC2(O)C#CCO)CC(OC)=CC4. The quantitative estimate of drug-likeness (QED) is 0.582. The van der Waals surface area contributed by atoms with E-state index in [0.717, 1.165) is 44.3 Å². The first-order valence-electron chi connectivity index (χ1n) is 10.4. The average Bonchev–Trinajstić information content (AvgIpc) is 2.99. The minimum absolute atomic E-state index is 0.0867. The molecule has 2 saturated carbocycles. The monoisotopic (exact) mass is 356 g/mol. The molecule has 0 aromatic rings. The molecule has 26 heavy (non-hydrogen) atoms. The molecule has 0 heterocycles. The maximum atomic E-state index is 11.4. The van der Waals surface area contributed by atoms with Crippen molar-refractivity contribution in [2.45, 2.75) is 70.3 Å². The highest BCUT2D eigenvalue weighted by Gasteiger charge is 2.62. The lowest BCUT2D eigenvalue weighted by Gasteiger charge is -2.54. The van der Waals surface area contributed by atoms with E-state index in [1.54, 1.807) is 18.3 Å². The predicted molar refractivity (Wildman–Crippen MR) is 102 cm³/mol. The van der Waals surface area contributed by atoms with Gasteiger partial charge in [-0.05, 0) is 75.2 Å². The first-order chi connectivity index (χ1) is 12.6. The van der Waals surface area contributed by atoms with Gasteiger partial charge < -0.3 is 14.9 Å². The highest BCUT2D eigenvalue weighted by molar-refractivity contribution is 5.34. The number of rotatable bonds is 2. The van der Waals surface area contributed by atoms with Gasteiger partial charge in [0.25, 0.3) is 0 Å². The number of ether oxygens (including phenoxy) is 1. The summed E-state index contributed by atoms with van der Waals surface area (Å²) in [7, 11) is 1.78. The van der Waals surface area contributed by atoms with Crippen LogP contribution in [0.2, 0.25) is 0 Å². The van der Waals surface area contributed by atoms with Crippen molar-refractivity contribution in [2.75, 3.05) is 13.7 Å². The fourth-order valence-corrected chi connectivity index (χ4v) is 6.98. The summed E-state index contributed by atoms with van der Waals surface area (Å²) in [5, 5.41) is 20.6. The number of fused-ring (bicyclic) bond motifs is 4. The zero-order valence-electron chi connectivity index (χ0n) is 16.2. The van der Waals surface area contributed by atoms with E-state index in [1.807, 2.05) is 0 Å². The summed E-state index contributed by atoms with van der Waals surface area (Å²) in [4.78, 5) is 0. The van der Waals surface area contributed by atoms with Gasteiger partial charge in [-0.25, -0.2) is 0 Å². The zero-order chi connectivity index (χ0) is 18.4. The van der Waals surface area contributed by atoms with Gasteiger partial charge in [-0.1, -0.05) is 29.9 Å². The third-order valence-electron chi connectivity index (χ3n) is 8.17. The van der Waals surface area contributed by atoms with Gasteiger partial charge in [-0.15, -0.1) is 0 Å². The second-order valence-corrected chi connectivity index (χ2v) is 8.71. The fraction of sp³-hybridized carbons (Fsp3) is 0.739. The van der Waals surface area contributed by atoms with E-state index in [9.17, 15) is 5.11 Å². The van der Waals surface area contributed by atoms with Crippen LogP contribution in [0.15, 0.2) is 23.0 Å². The Kier molecular flexibility index (Phi) is 4.70. The van der Waals surface area contributed by atoms with Crippen LogP contribution in [0.25, 0.3) is 0 Å². The molecule has 4 rings (SSSR count). The second kappa shape index (κ2) is 6.73. The number of hydrogen-bond donors (Lipinski definition) is 2. The van der Waals surface area contributed by atoms with Crippen molar-refractivity contribution in [3.8, 4) is 11.8 Å². The highest BCUT2D eigenvalue weighted by atomic mass is 16.5. The van der Waals surface area contributed by atoms with Gasteiger partial charge in [-0.3, -0.25) is 0 Å². The first-order valence-corrected chi connectivity index (χ1v) is 10.4. The molecule has 2 N–H and O–H groups in total. The Morgan fingerprint density at radius 3 is 2.85 bits per heavy atom. The Balaban J connectivity index is 1.63. The Morgan fingerprint density at radius 2 is 2.12 bits per heavy atom. The third-order valence-corrected chi connectivity index (χ3v) is 8.17. The first kappa shape index (κ1) is 18.1. The van der Waals surface area contributed by atoms with Crippen LogP contribution in [-0.4, -0.2) is 29.5 Å². The maximum absolute atomic E-state index is 11.4. The van der Waals surface area contributed by atoms with Crippen molar-refractivity contribution in [2.24, 2.45) is 23.2 Å².